The molecule has 24 heavy (non-hydrogen) atoms. The number of hydrogen-bond donors (Lipinski definition) is 1. The zero-order valence-electron chi connectivity index (χ0n) is 13.4. The smallest absolute Gasteiger partial charge is 0.335 e. The van der Waals surface area contributed by atoms with E-state index in [9.17, 15) is 9.18 Å². The van der Waals surface area contributed by atoms with Gasteiger partial charge < -0.3 is 9.63 Å². The lowest BCUT2D eigenvalue weighted by Crippen LogP contribution is -1.98. The molecule has 3 aromatic rings. The van der Waals surface area contributed by atoms with Crippen molar-refractivity contribution >= 4 is 5.97 Å². The van der Waals surface area contributed by atoms with Crippen molar-refractivity contribution in [2.75, 3.05) is 0 Å². The number of hydrogen-bond acceptors (Lipinski definition) is 4. The highest BCUT2D eigenvalue weighted by molar-refractivity contribution is 5.89. The van der Waals surface area contributed by atoms with E-state index in [1.807, 2.05) is 13.8 Å². The standard InChI is InChI=1S/C18H15FN2O3/c1-9-5-7-14(19)15(11(9)3)17-20-16(21-24-17)13-8-12(18(22)23)6-4-10(13)2/h4-8H,1-3H3,(H,22,23). The number of aromatic nitrogens is 2. The third-order valence-corrected chi connectivity index (χ3v) is 4.05. The Morgan fingerprint density at radius 1 is 1.12 bits per heavy atom. The van der Waals surface area contributed by atoms with Crippen LogP contribution in [0.5, 0.6) is 0 Å². The van der Waals surface area contributed by atoms with Crippen molar-refractivity contribution in [2.24, 2.45) is 0 Å². The van der Waals surface area contributed by atoms with E-state index in [0.717, 1.165) is 16.7 Å². The number of aromatic carboxylic acids is 1. The molecule has 5 nitrogen and oxygen atoms in total. The highest BCUT2D eigenvalue weighted by Gasteiger charge is 2.19. The Bertz CT molecular complexity index is 947. The normalized spacial score (nSPS) is 10.8. The van der Waals surface area contributed by atoms with Gasteiger partial charge in [0.15, 0.2) is 0 Å². The molecule has 0 aliphatic heterocycles. The number of benzene rings is 2. The van der Waals surface area contributed by atoms with E-state index < -0.39 is 11.8 Å². The molecule has 0 aliphatic carbocycles. The van der Waals surface area contributed by atoms with Crippen LogP contribution in [-0.2, 0) is 0 Å². The molecule has 0 fully saturated rings. The van der Waals surface area contributed by atoms with Gasteiger partial charge >= 0.3 is 5.97 Å². The van der Waals surface area contributed by atoms with Crippen molar-refractivity contribution in [1.29, 1.82) is 0 Å². The lowest BCUT2D eigenvalue weighted by Gasteiger charge is -2.05. The zero-order chi connectivity index (χ0) is 17.4. The van der Waals surface area contributed by atoms with Crippen LogP contribution in [0.4, 0.5) is 4.39 Å². The second-order valence-corrected chi connectivity index (χ2v) is 5.62. The zero-order valence-corrected chi connectivity index (χ0v) is 13.4. The van der Waals surface area contributed by atoms with E-state index >= 15 is 0 Å². The first-order valence-electron chi connectivity index (χ1n) is 7.32. The predicted molar refractivity (Wildman–Crippen MR) is 86.3 cm³/mol. The van der Waals surface area contributed by atoms with Crippen LogP contribution in [-0.4, -0.2) is 21.2 Å². The van der Waals surface area contributed by atoms with Crippen molar-refractivity contribution in [3.63, 3.8) is 0 Å². The van der Waals surface area contributed by atoms with Gasteiger partial charge in [-0.25, -0.2) is 9.18 Å². The molecule has 1 N–H and O–H groups in total. The van der Waals surface area contributed by atoms with Crippen molar-refractivity contribution in [1.82, 2.24) is 10.1 Å². The second kappa shape index (κ2) is 5.88. The van der Waals surface area contributed by atoms with Crippen molar-refractivity contribution < 1.29 is 18.8 Å². The Morgan fingerprint density at radius 3 is 2.54 bits per heavy atom. The van der Waals surface area contributed by atoms with Gasteiger partial charge in [-0.3, -0.25) is 0 Å². The summed E-state index contributed by atoms with van der Waals surface area (Å²) < 4.78 is 19.4. The van der Waals surface area contributed by atoms with Gasteiger partial charge in [0.1, 0.15) is 5.82 Å². The van der Waals surface area contributed by atoms with Gasteiger partial charge in [-0.05, 0) is 55.7 Å². The fraction of sp³-hybridized carbons (Fsp3) is 0.167. The molecular formula is C18H15FN2O3. The van der Waals surface area contributed by atoms with Gasteiger partial charge in [-0.15, -0.1) is 0 Å². The second-order valence-electron chi connectivity index (χ2n) is 5.62. The number of nitrogens with zero attached hydrogens (tertiary/aromatic N) is 2. The first kappa shape index (κ1) is 15.9. The van der Waals surface area contributed by atoms with E-state index in [1.165, 1.54) is 18.2 Å². The summed E-state index contributed by atoms with van der Waals surface area (Å²) in [7, 11) is 0. The summed E-state index contributed by atoms with van der Waals surface area (Å²) in [5, 5.41) is 13.0. The molecule has 0 amide bonds. The number of aryl methyl sites for hydroxylation is 2. The molecule has 122 valence electrons. The van der Waals surface area contributed by atoms with Crippen LogP contribution in [0, 0.1) is 26.6 Å². The first-order valence-corrected chi connectivity index (χ1v) is 7.32. The molecule has 0 bridgehead atoms. The Labute approximate surface area is 137 Å². The SMILES string of the molecule is Cc1ccc(C(=O)O)cc1-c1noc(-c2c(F)ccc(C)c2C)n1. The minimum absolute atomic E-state index is 0.0730. The van der Waals surface area contributed by atoms with Gasteiger partial charge in [-0.2, -0.15) is 4.98 Å². The van der Waals surface area contributed by atoms with Crippen LogP contribution in [0.15, 0.2) is 34.9 Å². The van der Waals surface area contributed by atoms with E-state index in [2.05, 4.69) is 10.1 Å². The van der Waals surface area contributed by atoms with Crippen LogP contribution < -0.4 is 0 Å². The third-order valence-electron chi connectivity index (χ3n) is 4.05. The minimum Gasteiger partial charge on any atom is -0.478 e. The van der Waals surface area contributed by atoms with Crippen LogP contribution in [0.1, 0.15) is 27.0 Å². The third kappa shape index (κ3) is 2.67. The van der Waals surface area contributed by atoms with Crippen LogP contribution in [0.3, 0.4) is 0 Å². The Hall–Kier alpha value is -3.02. The summed E-state index contributed by atoms with van der Waals surface area (Å²) >= 11 is 0. The molecule has 0 aliphatic rings. The summed E-state index contributed by atoms with van der Waals surface area (Å²) in [5.41, 5.74) is 3.36. The average molecular weight is 326 g/mol. The molecule has 0 radical (unpaired) electrons. The lowest BCUT2D eigenvalue weighted by atomic mass is 10.0. The molecule has 0 unspecified atom stereocenters. The molecule has 0 saturated carbocycles. The first-order chi connectivity index (χ1) is 11.4. The number of halogens is 1. The molecule has 1 heterocycles. The quantitative estimate of drug-likeness (QED) is 0.782. The summed E-state index contributed by atoms with van der Waals surface area (Å²) in [4.78, 5) is 15.4. The number of carboxylic acid groups (broad SMARTS) is 1. The van der Waals surface area contributed by atoms with Crippen molar-refractivity contribution in [2.45, 2.75) is 20.8 Å². The Kier molecular flexibility index (Phi) is 3.89. The topological polar surface area (TPSA) is 76.2 Å². The van der Waals surface area contributed by atoms with Crippen LogP contribution in [0.25, 0.3) is 22.8 Å². The molecule has 1 aromatic heterocycles. The van der Waals surface area contributed by atoms with Crippen LogP contribution in [0.2, 0.25) is 0 Å². The highest BCUT2D eigenvalue weighted by atomic mass is 19.1. The maximum atomic E-state index is 14.2. The maximum absolute atomic E-state index is 14.2. The Morgan fingerprint density at radius 2 is 1.83 bits per heavy atom. The predicted octanol–water partition coefficient (Wildman–Crippen LogP) is 4.17. The Balaban J connectivity index is 2.12. The van der Waals surface area contributed by atoms with Gasteiger partial charge in [0.25, 0.3) is 5.89 Å². The van der Waals surface area contributed by atoms with E-state index in [-0.39, 0.29) is 22.8 Å². The molecule has 0 spiro atoms. The molecule has 0 atom stereocenters. The van der Waals surface area contributed by atoms with E-state index in [4.69, 9.17) is 9.63 Å². The molecule has 3 rings (SSSR count). The fourth-order valence-electron chi connectivity index (χ4n) is 2.48. The average Bonchev–Trinajstić information content (AvgIpc) is 3.01. The minimum atomic E-state index is -1.04. The molecular weight excluding hydrogens is 311 g/mol. The van der Waals surface area contributed by atoms with Crippen LogP contribution >= 0.6 is 0 Å². The maximum Gasteiger partial charge on any atom is 0.335 e. The van der Waals surface area contributed by atoms with E-state index in [0.29, 0.717) is 5.56 Å². The number of rotatable bonds is 3. The number of carboxylic acids is 1. The van der Waals surface area contributed by atoms with E-state index in [1.54, 1.807) is 19.1 Å². The number of carbonyl (C=O) groups is 1. The van der Waals surface area contributed by atoms with Gasteiger partial charge in [0.2, 0.25) is 5.82 Å². The van der Waals surface area contributed by atoms with Gasteiger partial charge in [0.05, 0.1) is 11.1 Å². The van der Waals surface area contributed by atoms with Crippen molar-refractivity contribution in [3.05, 3.63) is 58.4 Å². The molecule has 2 aromatic carbocycles. The lowest BCUT2D eigenvalue weighted by molar-refractivity contribution is 0.0697. The summed E-state index contributed by atoms with van der Waals surface area (Å²) in [5.74, 6) is -1.18. The van der Waals surface area contributed by atoms with Gasteiger partial charge in [-0.1, -0.05) is 17.3 Å². The summed E-state index contributed by atoms with van der Waals surface area (Å²) in [6, 6.07) is 7.70. The van der Waals surface area contributed by atoms with Gasteiger partial charge in [0, 0.05) is 5.56 Å². The molecule has 0 saturated heterocycles. The highest BCUT2D eigenvalue weighted by Crippen LogP contribution is 2.30. The molecule has 6 heteroatoms. The summed E-state index contributed by atoms with van der Waals surface area (Å²) in [6.07, 6.45) is 0. The van der Waals surface area contributed by atoms with Crippen molar-refractivity contribution in [3.8, 4) is 22.8 Å². The monoisotopic (exact) mass is 326 g/mol. The summed E-state index contributed by atoms with van der Waals surface area (Å²) in [6.45, 7) is 5.47. The fourth-order valence-corrected chi connectivity index (χ4v) is 2.48. The largest absolute Gasteiger partial charge is 0.478 e.